The molecule has 0 radical (unpaired) electrons. The average molecular weight is 281 g/mol. The van der Waals surface area contributed by atoms with Gasteiger partial charge in [-0.2, -0.15) is 5.10 Å². The number of rotatable bonds is 5. The molecule has 0 spiro atoms. The molecule has 2 rings (SSSR count). The highest BCUT2D eigenvalue weighted by atomic mass is 16.3. The topological polar surface area (TPSA) is 71.2 Å². The monoisotopic (exact) mass is 281 g/mol. The van der Waals surface area contributed by atoms with Crippen molar-refractivity contribution < 1.29 is 10.2 Å². The molecule has 1 atom stereocenters. The third kappa shape index (κ3) is 3.79. The Labute approximate surface area is 121 Å². The van der Waals surface area contributed by atoms with E-state index in [1.165, 1.54) is 6.33 Å². The Morgan fingerprint density at radius 1 is 1.25 bits per heavy atom. The fraction of sp³-hybridized carbons (Fsp3) is 0.867. The number of aliphatic hydroxyl groups excluding tert-OH is 1. The van der Waals surface area contributed by atoms with Gasteiger partial charge in [0.15, 0.2) is 0 Å². The van der Waals surface area contributed by atoms with E-state index < -0.39 is 11.7 Å². The summed E-state index contributed by atoms with van der Waals surface area (Å²) in [7, 11) is 0. The molecule has 1 fully saturated rings. The van der Waals surface area contributed by atoms with Crippen molar-refractivity contribution in [1.29, 1.82) is 0 Å². The normalized spacial score (nSPS) is 20.9. The molecular weight excluding hydrogens is 254 g/mol. The summed E-state index contributed by atoms with van der Waals surface area (Å²) in [5.74, 6) is 1.25. The van der Waals surface area contributed by atoms with Crippen molar-refractivity contribution in [3.63, 3.8) is 0 Å². The average Bonchev–Trinajstić information content (AvgIpc) is 2.67. The molecule has 5 heteroatoms. The second-order valence-electron chi connectivity index (χ2n) is 6.49. The maximum Gasteiger partial charge on any atom is 0.138 e. The molecule has 0 aromatic carbocycles. The van der Waals surface area contributed by atoms with Crippen LogP contribution in [0.5, 0.6) is 0 Å². The van der Waals surface area contributed by atoms with E-state index in [1.807, 2.05) is 4.68 Å². The van der Waals surface area contributed by atoms with E-state index in [1.54, 1.807) is 0 Å². The molecule has 1 aromatic rings. The molecule has 20 heavy (non-hydrogen) atoms. The van der Waals surface area contributed by atoms with Crippen LogP contribution in [0.25, 0.3) is 0 Å². The molecule has 0 bridgehead atoms. The lowest BCUT2D eigenvalue weighted by Crippen LogP contribution is -2.43. The van der Waals surface area contributed by atoms with Crippen LogP contribution in [0.4, 0.5) is 0 Å². The highest BCUT2D eigenvalue weighted by Gasteiger charge is 2.36. The fourth-order valence-corrected chi connectivity index (χ4v) is 2.98. The van der Waals surface area contributed by atoms with Crippen LogP contribution in [0.2, 0.25) is 0 Å². The van der Waals surface area contributed by atoms with E-state index in [0.717, 1.165) is 38.1 Å². The molecule has 1 aliphatic carbocycles. The largest absolute Gasteiger partial charge is 0.390 e. The summed E-state index contributed by atoms with van der Waals surface area (Å²) >= 11 is 0. The van der Waals surface area contributed by atoms with Gasteiger partial charge in [0, 0.05) is 13.0 Å². The van der Waals surface area contributed by atoms with Gasteiger partial charge in [-0.15, -0.1) is 0 Å². The minimum absolute atomic E-state index is 0.378. The summed E-state index contributed by atoms with van der Waals surface area (Å²) in [6.07, 6.45) is 6.81. The van der Waals surface area contributed by atoms with E-state index in [2.05, 4.69) is 23.9 Å². The van der Waals surface area contributed by atoms with Crippen molar-refractivity contribution in [1.82, 2.24) is 14.8 Å². The summed E-state index contributed by atoms with van der Waals surface area (Å²) < 4.78 is 1.84. The van der Waals surface area contributed by atoms with Crippen LogP contribution in [0.1, 0.15) is 58.2 Å². The summed E-state index contributed by atoms with van der Waals surface area (Å²) in [6.45, 7) is 5.04. The van der Waals surface area contributed by atoms with Crippen LogP contribution in [-0.4, -0.2) is 36.7 Å². The van der Waals surface area contributed by atoms with Crippen molar-refractivity contribution in [3.8, 4) is 0 Å². The standard InChI is InChI=1S/C15H27N3O2/c1-12(2)10-18-14(16-11-17-18)9-13(19)15(20)7-5-3-4-6-8-15/h11-13,19-20H,3-10H2,1-2H3. The molecule has 1 aromatic heterocycles. The van der Waals surface area contributed by atoms with E-state index in [0.29, 0.717) is 25.2 Å². The zero-order valence-corrected chi connectivity index (χ0v) is 12.6. The van der Waals surface area contributed by atoms with Crippen molar-refractivity contribution in [2.75, 3.05) is 0 Å². The molecule has 0 saturated heterocycles. The number of hydrogen-bond donors (Lipinski definition) is 2. The SMILES string of the molecule is CC(C)Cn1ncnc1CC(O)C1(O)CCCCCC1. The number of hydrogen-bond acceptors (Lipinski definition) is 4. The highest BCUT2D eigenvalue weighted by molar-refractivity contribution is 4.96. The Morgan fingerprint density at radius 3 is 2.50 bits per heavy atom. The zero-order valence-electron chi connectivity index (χ0n) is 12.6. The quantitative estimate of drug-likeness (QED) is 0.809. The van der Waals surface area contributed by atoms with Gasteiger partial charge in [-0.25, -0.2) is 9.67 Å². The maximum atomic E-state index is 10.7. The first-order valence-corrected chi connectivity index (χ1v) is 7.78. The van der Waals surface area contributed by atoms with Crippen molar-refractivity contribution in [3.05, 3.63) is 12.2 Å². The van der Waals surface area contributed by atoms with E-state index in [9.17, 15) is 10.2 Å². The third-order valence-corrected chi connectivity index (χ3v) is 4.20. The molecule has 0 amide bonds. The second-order valence-corrected chi connectivity index (χ2v) is 6.49. The van der Waals surface area contributed by atoms with E-state index in [4.69, 9.17) is 0 Å². The Morgan fingerprint density at radius 2 is 1.90 bits per heavy atom. The van der Waals surface area contributed by atoms with Gasteiger partial charge in [-0.3, -0.25) is 0 Å². The van der Waals surface area contributed by atoms with Crippen molar-refractivity contribution >= 4 is 0 Å². The number of aromatic nitrogens is 3. The zero-order chi connectivity index (χ0) is 14.6. The van der Waals surface area contributed by atoms with Crippen LogP contribution in [0.3, 0.4) is 0 Å². The summed E-state index contributed by atoms with van der Waals surface area (Å²) in [5, 5.41) is 25.3. The molecule has 1 unspecified atom stereocenters. The van der Waals surface area contributed by atoms with E-state index in [-0.39, 0.29) is 0 Å². The van der Waals surface area contributed by atoms with Gasteiger partial charge in [0.1, 0.15) is 12.2 Å². The predicted octanol–water partition coefficient (Wildman–Crippen LogP) is 1.92. The first-order chi connectivity index (χ1) is 9.51. The van der Waals surface area contributed by atoms with Gasteiger partial charge in [0.25, 0.3) is 0 Å². The van der Waals surface area contributed by atoms with Gasteiger partial charge in [-0.05, 0) is 18.8 Å². The fourth-order valence-electron chi connectivity index (χ4n) is 2.98. The van der Waals surface area contributed by atoms with Crippen LogP contribution in [0.15, 0.2) is 6.33 Å². The molecule has 1 saturated carbocycles. The van der Waals surface area contributed by atoms with Crippen LogP contribution < -0.4 is 0 Å². The minimum atomic E-state index is -0.953. The lowest BCUT2D eigenvalue weighted by molar-refractivity contribution is -0.0847. The predicted molar refractivity (Wildman–Crippen MR) is 77.2 cm³/mol. The molecule has 1 heterocycles. The van der Waals surface area contributed by atoms with Gasteiger partial charge >= 0.3 is 0 Å². The Hall–Kier alpha value is -0.940. The van der Waals surface area contributed by atoms with Gasteiger partial charge in [-0.1, -0.05) is 39.5 Å². The van der Waals surface area contributed by atoms with Gasteiger partial charge < -0.3 is 10.2 Å². The Bertz CT molecular complexity index is 409. The van der Waals surface area contributed by atoms with Crippen molar-refractivity contribution in [2.45, 2.75) is 77.0 Å². The Balaban J connectivity index is 2.03. The third-order valence-electron chi connectivity index (χ3n) is 4.20. The molecule has 5 nitrogen and oxygen atoms in total. The summed E-state index contributed by atoms with van der Waals surface area (Å²) in [5.41, 5.74) is -0.953. The lowest BCUT2D eigenvalue weighted by Gasteiger charge is -2.32. The van der Waals surface area contributed by atoms with Crippen LogP contribution in [0, 0.1) is 5.92 Å². The summed E-state index contributed by atoms with van der Waals surface area (Å²) in [6, 6.07) is 0. The Kier molecular flexibility index (Phi) is 5.16. The molecule has 1 aliphatic rings. The first-order valence-electron chi connectivity index (χ1n) is 7.78. The van der Waals surface area contributed by atoms with Crippen LogP contribution in [-0.2, 0) is 13.0 Å². The highest BCUT2D eigenvalue weighted by Crippen LogP contribution is 2.31. The van der Waals surface area contributed by atoms with E-state index >= 15 is 0 Å². The molecular formula is C15H27N3O2. The number of aliphatic hydroxyl groups is 2. The lowest BCUT2D eigenvalue weighted by atomic mass is 9.86. The minimum Gasteiger partial charge on any atom is -0.390 e. The molecule has 0 aliphatic heterocycles. The van der Waals surface area contributed by atoms with Crippen LogP contribution >= 0.6 is 0 Å². The van der Waals surface area contributed by atoms with Gasteiger partial charge in [0.2, 0.25) is 0 Å². The first kappa shape index (κ1) is 15.4. The number of nitrogens with zero attached hydrogens (tertiary/aromatic N) is 3. The molecule has 2 N–H and O–H groups in total. The molecule has 114 valence electrons. The smallest absolute Gasteiger partial charge is 0.138 e. The second kappa shape index (κ2) is 6.68. The van der Waals surface area contributed by atoms with Crippen molar-refractivity contribution in [2.24, 2.45) is 5.92 Å². The maximum absolute atomic E-state index is 10.7. The summed E-state index contributed by atoms with van der Waals surface area (Å²) in [4.78, 5) is 4.24. The van der Waals surface area contributed by atoms with Gasteiger partial charge in [0.05, 0.1) is 11.7 Å².